The SMILES string of the molecule is CC(C)NC(C)C.Cc1ccccc1B(O)O. The molecule has 0 aliphatic rings. The molecule has 0 radical (unpaired) electrons. The van der Waals surface area contributed by atoms with Crippen LogP contribution in [0.4, 0.5) is 0 Å². The highest BCUT2D eigenvalue weighted by molar-refractivity contribution is 6.59. The number of aryl methyl sites for hydroxylation is 1. The van der Waals surface area contributed by atoms with Gasteiger partial charge in [0, 0.05) is 12.1 Å². The highest BCUT2D eigenvalue weighted by Gasteiger charge is 2.11. The van der Waals surface area contributed by atoms with E-state index < -0.39 is 7.12 Å². The molecule has 0 fully saturated rings. The molecule has 3 N–H and O–H groups in total. The highest BCUT2D eigenvalue weighted by atomic mass is 16.4. The lowest BCUT2D eigenvalue weighted by atomic mass is 9.77. The van der Waals surface area contributed by atoms with E-state index in [1.165, 1.54) is 0 Å². The van der Waals surface area contributed by atoms with Gasteiger partial charge in [0.05, 0.1) is 0 Å². The number of nitrogens with one attached hydrogen (secondary N) is 1. The normalized spacial score (nSPS) is 10.2. The van der Waals surface area contributed by atoms with Crippen molar-refractivity contribution in [1.29, 1.82) is 0 Å². The predicted molar refractivity (Wildman–Crippen MR) is 74.4 cm³/mol. The van der Waals surface area contributed by atoms with E-state index in [9.17, 15) is 0 Å². The van der Waals surface area contributed by atoms with Gasteiger partial charge in [-0.2, -0.15) is 0 Å². The van der Waals surface area contributed by atoms with E-state index in [4.69, 9.17) is 10.0 Å². The van der Waals surface area contributed by atoms with E-state index in [1.54, 1.807) is 12.1 Å². The van der Waals surface area contributed by atoms with Crippen LogP contribution in [0.3, 0.4) is 0 Å². The van der Waals surface area contributed by atoms with Crippen molar-refractivity contribution in [3.63, 3.8) is 0 Å². The van der Waals surface area contributed by atoms with Crippen LogP contribution >= 0.6 is 0 Å². The first-order valence-corrected chi connectivity index (χ1v) is 6.02. The van der Waals surface area contributed by atoms with Crippen molar-refractivity contribution in [1.82, 2.24) is 5.32 Å². The Balaban J connectivity index is 0.000000325. The molecule has 0 unspecified atom stereocenters. The summed E-state index contributed by atoms with van der Waals surface area (Å²) >= 11 is 0. The first-order chi connectivity index (χ1) is 7.84. The zero-order valence-electron chi connectivity index (χ0n) is 11.4. The van der Waals surface area contributed by atoms with Gasteiger partial charge in [0.25, 0.3) is 0 Å². The molecule has 0 aromatic heterocycles. The summed E-state index contributed by atoms with van der Waals surface area (Å²) in [6, 6.07) is 8.43. The quantitative estimate of drug-likeness (QED) is 0.689. The average molecular weight is 237 g/mol. The summed E-state index contributed by atoms with van der Waals surface area (Å²) in [7, 11) is -1.35. The Kier molecular flexibility index (Phi) is 7.88. The molecule has 1 rings (SSSR count). The maximum Gasteiger partial charge on any atom is 0.488 e. The van der Waals surface area contributed by atoms with Crippen LogP contribution in [0.25, 0.3) is 0 Å². The Morgan fingerprint density at radius 1 is 1.00 bits per heavy atom. The van der Waals surface area contributed by atoms with Crippen LogP contribution in [0.2, 0.25) is 0 Å². The fraction of sp³-hybridized carbons (Fsp3) is 0.538. The second-order valence-corrected chi connectivity index (χ2v) is 4.71. The summed E-state index contributed by atoms with van der Waals surface area (Å²) in [6.07, 6.45) is 0. The molecule has 0 aliphatic heterocycles. The monoisotopic (exact) mass is 237 g/mol. The van der Waals surface area contributed by atoms with Crippen LogP contribution in [0.15, 0.2) is 24.3 Å². The van der Waals surface area contributed by atoms with Gasteiger partial charge in [-0.05, 0) is 12.4 Å². The zero-order chi connectivity index (χ0) is 13.4. The van der Waals surface area contributed by atoms with E-state index in [0.717, 1.165) is 5.56 Å². The molecule has 0 saturated heterocycles. The lowest BCUT2D eigenvalue weighted by molar-refractivity contribution is 0.425. The van der Waals surface area contributed by atoms with Gasteiger partial charge in [0.2, 0.25) is 0 Å². The average Bonchev–Trinajstić information content (AvgIpc) is 2.16. The smallest absolute Gasteiger partial charge is 0.423 e. The number of hydrogen-bond acceptors (Lipinski definition) is 3. The lowest BCUT2D eigenvalue weighted by Crippen LogP contribution is -2.31. The Morgan fingerprint density at radius 2 is 1.47 bits per heavy atom. The molecule has 1 aromatic rings. The maximum atomic E-state index is 8.76. The van der Waals surface area contributed by atoms with E-state index in [1.807, 2.05) is 19.1 Å². The standard InChI is InChI=1S/C7H9BO2.C6H15N/c1-6-4-2-3-5-7(6)8(9)10;1-5(2)7-6(3)4/h2-5,9-10H,1H3;5-7H,1-4H3. The summed E-state index contributed by atoms with van der Waals surface area (Å²) in [6.45, 7) is 10.5. The number of hydrogen-bond donors (Lipinski definition) is 3. The molecule has 0 amide bonds. The predicted octanol–water partition coefficient (Wildman–Crippen LogP) is 1.07. The Morgan fingerprint density at radius 3 is 1.71 bits per heavy atom. The van der Waals surface area contributed by atoms with Gasteiger partial charge in [-0.25, -0.2) is 0 Å². The van der Waals surface area contributed by atoms with Gasteiger partial charge in [0.1, 0.15) is 0 Å². The second kappa shape index (κ2) is 8.28. The summed E-state index contributed by atoms with van der Waals surface area (Å²) in [5.41, 5.74) is 1.47. The highest BCUT2D eigenvalue weighted by Crippen LogP contribution is 1.92. The van der Waals surface area contributed by atoms with Crippen molar-refractivity contribution in [3.8, 4) is 0 Å². The van der Waals surface area contributed by atoms with Crippen molar-refractivity contribution in [2.24, 2.45) is 0 Å². The molecule has 0 heterocycles. The van der Waals surface area contributed by atoms with Crippen molar-refractivity contribution >= 4 is 12.6 Å². The van der Waals surface area contributed by atoms with Crippen molar-refractivity contribution in [2.75, 3.05) is 0 Å². The van der Waals surface area contributed by atoms with Crippen LogP contribution in [-0.4, -0.2) is 29.3 Å². The molecule has 0 atom stereocenters. The fourth-order valence-corrected chi connectivity index (χ4v) is 1.54. The third-order valence-electron chi connectivity index (χ3n) is 2.13. The minimum atomic E-state index is -1.35. The molecule has 0 bridgehead atoms. The van der Waals surface area contributed by atoms with E-state index in [0.29, 0.717) is 17.5 Å². The molecule has 1 aromatic carbocycles. The minimum Gasteiger partial charge on any atom is -0.423 e. The molecular formula is C13H24BNO2. The molecule has 3 nitrogen and oxygen atoms in total. The minimum absolute atomic E-state index is 0.572. The second-order valence-electron chi connectivity index (χ2n) is 4.71. The molecule has 0 saturated carbocycles. The first-order valence-electron chi connectivity index (χ1n) is 6.02. The molecule has 17 heavy (non-hydrogen) atoms. The number of rotatable bonds is 3. The fourth-order valence-electron chi connectivity index (χ4n) is 1.54. The van der Waals surface area contributed by atoms with Gasteiger partial charge < -0.3 is 15.4 Å². The Labute approximate surface area is 105 Å². The molecule has 0 spiro atoms. The van der Waals surface area contributed by atoms with E-state index in [-0.39, 0.29) is 0 Å². The molecule has 96 valence electrons. The lowest BCUT2D eigenvalue weighted by Gasteiger charge is -2.10. The summed E-state index contributed by atoms with van der Waals surface area (Å²) < 4.78 is 0. The van der Waals surface area contributed by atoms with Crippen LogP contribution in [0, 0.1) is 6.92 Å². The molecular weight excluding hydrogens is 213 g/mol. The van der Waals surface area contributed by atoms with Gasteiger partial charge in [0.15, 0.2) is 0 Å². The van der Waals surface area contributed by atoms with Crippen LogP contribution in [-0.2, 0) is 0 Å². The largest absolute Gasteiger partial charge is 0.488 e. The Hall–Kier alpha value is -0.835. The maximum absolute atomic E-state index is 8.76. The summed E-state index contributed by atoms with van der Waals surface area (Å²) in [4.78, 5) is 0. The first kappa shape index (κ1) is 16.2. The van der Waals surface area contributed by atoms with Crippen LogP contribution in [0.5, 0.6) is 0 Å². The van der Waals surface area contributed by atoms with Crippen LogP contribution in [0.1, 0.15) is 33.3 Å². The van der Waals surface area contributed by atoms with Gasteiger partial charge in [-0.1, -0.05) is 57.5 Å². The van der Waals surface area contributed by atoms with E-state index in [2.05, 4.69) is 33.0 Å². The Bertz CT molecular complexity index is 308. The van der Waals surface area contributed by atoms with Crippen molar-refractivity contribution in [3.05, 3.63) is 29.8 Å². The third kappa shape index (κ3) is 7.97. The van der Waals surface area contributed by atoms with Crippen molar-refractivity contribution < 1.29 is 10.0 Å². The third-order valence-corrected chi connectivity index (χ3v) is 2.13. The number of benzene rings is 1. The summed E-state index contributed by atoms with van der Waals surface area (Å²) in [5.74, 6) is 0. The van der Waals surface area contributed by atoms with Gasteiger partial charge in [-0.15, -0.1) is 0 Å². The van der Waals surface area contributed by atoms with E-state index >= 15 is 0 Å². The molecule has 4 heteroatoms. The topological polar surface area (TPSA) is 52.5 Å². The van der Waals surface area contributed by atoms with Gasteiger partial charge >= 0.3 is 7.12 Å². The van der Waals surface area contributed by atoms with Gasteiger partial charge in [-0.3, -0.25) is 0 Å². The molecule has 0 aliphatic carbocycles. The van der Waals surface area contributed by atoms with Crippen LogP contribution < -0.4 is 10.8 Å². The van der Waals surface area contributed by atoms with Crippen molar-refractivity contribution in [2.45, 2.75) is 46.7 Å². The zero-order valence-corrected chi connectivity index (χ0v) is 11.4. The summed E-state index contributed by atoms with van der Waals surface area (Å²) in [5, 5.41) is 20.8.